The zero-order valence-corrected chi connectivity index (χ0v) is 21.7. The molecule has 0 aromatic heterocycles. The van der Waals surface area contributed by atoms with Crippen molar-refractivity contribution in [3.63, 3.8) is 0 Å². The largest absolute Gasteiger partial charge is 0.469 e. The van der Waals surface area contributed by atoms with Crippen LogP contribution in [0.2, 0.25) is 0 Å². The lowest BCUT2D eigenvalue weighted by Gasteiger charge is -2.18. The highest BCUT2D eigenvalue weighted by atomic mass is 32.2. The van der Waals surface area contributed by atoms with Crippen molar-refractivity contribution >= 4 is 36.6 Å². The highest BCUT2D eigenvalue weighted by Gasteiger charge is 2.22. The smallest absolute Gasteiger partial charge is 0.462 e. The number of esters is 2. The molecule has 11 heteroatoms. The van der Waals surface area contributed by atoms with Gasteiger partial charge in [0, 0.05) is 25.5 Å². The zero-order valence-electron chi connectivity index (χ0n) is 20.0. The Bertz CT molecular complexity index is 594. The van der Waals surface area contributed by atoms with Gasteiger partial charge in [-0.2, -0.15) is 0 Å². The lowest BCUT2D eigenvalue weighted by molar-refractivity contribution is -0.161. The lowest BCUT2D eigenvalue weighted by Crippen LogP contribution is -2.29. The van der Waals surface area contributed by atoms with E-state index in [1.165, 1.54) is 11.8 Å². The number of hydrogen-bond donors (Lipinski definition) is 2. The van der Waals surface area contributed by atoms with E-state index in [0.717, 1.165) is 63.5 Å². The molecular weight excluding hydrogens is 471 g/mol. The molecule has 0 heterocycles. The first-order chi connectivity index (χ1) is 15.6. The molecule has 0 aromatic carbocycles. The normalized spacial score (nSPS) is 12.4. The zero-order chi connectivity index (χ0) is 25.0. The van der Waals surface area contributed by atoms with Crippen LogP contribution in [0.4, 0.5) is 0 Å². The lowest BCUT2D eigenvalue weighted by atomic mass is 10.1. The van der Waals surface area contributed by atoms with Crippen LogP contribution in [0.5, 0.6) is 0 Å². The van der Waals surface area contributed by atoms with Gasteiger partial charge in [-0.1, -0.05) is 70.1 Å². The van der Waals surface area contributed by atoms with Gasteiger partial charge in [0.25, 0.3) is 0 Å². The van der Waals surface area contributed by atoms with Gasteiger partial charge in [0.15, 0.2) is 11.2 Å². The van der Waals surface area contributed by atoms with E-state index in [0.29, 0.717) is 12.8 Å². The van der Waals surface area contributed by atoms with Crippen molar-refractivity contribution in [3.8, 4) is 0 Å². The molecule has 0 saturated carbocycles. The molecule has 2 N–H and O–H groups in total. The Kier molecular flexibility index (Phi) is 19.9. The highest BCUT2D eigenvalue weighted by molar-refractivity contribution is 8.13. The van der Waals surface area contributed by atoms with Crippen LogP contribution in [0.1, 0.15) is 97.3 Å². The number of phosphoric ester groups is 1. The van der Waals surface area contributed by atoms with Gasteiger partial charge in [-0.25, -0.2) is 4.57 Å². The molecule has 0 spiro atoms. The van der Waals surface area contributed by atoms with Gasteiger partial charge < -0.3 is 19.3 Å². The molecule has 1 atom stereocenters. The average Bonchev–Trinajstić information content (AvgIpc) is 2.73. The van der Waals surface area contributed by atoms with E-state index in [-0.39, 0.29) is 24.6 Å². The summed E-state index contributed by atoms with van der Waals surface area (Å²) in [7, 11) is -4.73. The van der Waals surface area contributed by atoms with Crippen molar-refractivity contribution in [2.75, 3.05) is 19.0 Å². The van der Waals surface area contributed by atoms with Gasteiger partial charge in [-0.15, -0.1) is 0 Å². The summed E-state index contributed by atoms with van der Waals surface area (Å²) in [5.74, 6) is -0.119. The second-order valence-corrected chi connectivity index (χ2v) is 10.5. The second-order valence-electron chi connectivity index (χ2n) is 7.96. The third kappa shape index (κ3) is 24.0. The fraction of sp³-hybridized carbons (Fsp3) is 0.864. The van der Waals surface area contributed by atoms with Gasteiger partial charge in [0.1, 0.15) is 6.61 Å². The molecule has 0 bridgehead atoms. The summed E-state index contributed by atoms with van der Waals surface area (Å²) < 4.78 is 25.7. The Morgan fingerprint density at radius 1 is 0.818 bits per heavy atom. The number of carbonyl (C=O) groups excluding carboxylic acids is 3. The SMILES string of the molecule is CCCCCCCC(=O)O[C@@H](COC(=O)CCCCCCCCSC(C)=O)COP(=O)(O)O. The van der Waals surface area contributed by atoms with E-state index in [9.17, 15) is 18.9 Å². The maximum Gasteiger partial charge on any atom is 0.469 e. The molecule has 0 radical (unpaired) electrons. The number of rotatable bonds is 21. The molecule has 0 fully saturated rings. The maximum atomic E-state index is 12.0. The van der Waals surface area contributed by atoms with E-state index < -0.39 is 32.5 Å². The first-order valence-electron chi connectivity index (χ1n) is 11.8. The summed E-state index contributed by atoms with van der Waals surface area (Å²) >= 11 is 1.34. The summed E-state index contributed by atoms with van der Waals surface area (Å²) in [6, 6.07) is 0. The Labute approximate surface area is 201 Å². The minimum absolute atomic E-state index is 0.140. The molecule has 0 rings (SSSR count). The third-order valence-corrected chi connectivity index (χ3v) is 6.11. The number of ether oxygens (including phenoxy) is 2. The first-order valence-corrected chi connectivity index (χ1v) is 14.3. The maximum absolute atomic E-state index is 12.0. The molecule has 0 aromatic rings. The van der Waals surface area contributed by atoms with Gasteiger partial charge in [-0.3, -0.25) is 18.9 Å². The Morgan fingerprint density at radius 3 is 1.94 bits per heavy atom. The number of phosphoric acid groups is 1. The van der Waals surface area contributed by atoms with E-state index >= 15 is 0 Å². The molecule has 0 aliphatic carbocycles. The Hall–Kier alpha value is -0.930. The topological polar surface area (TPSA) is 136 Å². The molecule has 33 heavy (non-hydrogen) atoms. The van der Waals surface area contributed by atoms with Crippen LogP contribution in [-0.4, -0.2) is 51.9 Å². The molecule has 194 valence electrons. The van der Waals surface area contributed by atoms with Crippen molar-refractivity contribution in [1.82, 2.24) is 0 Å². The van der Waals surface area contributed by atoms with Crippen LogP contribution in [0, 0.1) is 0 Å². The number of unbranched alkanes of at least 4 members (excludes halogenated alkanes) is 9. The van der Waals surface area contributed by atoms with E-state index in [4.69, 9.17) is 19.3 Å². The average molecular weight is 513 g/mol. The molecular formula is C22H41O9PS. The van der Waals surface area contributed by atoms with E-state index in [1.54, 1.807) is 6.92 Å². The fourth-order valence-electron chi connectivity index (χ4n) is 2.97. The molecule has 0 aliphatic heterocycles. The monoisotopic (exact) mass is 512 g/mol. The van der Waals surface area contributed by atoms with Crippen molar-refractivity contribution in [1.29, 1.82) is 0 Å². The van der Waals surface area contributed by atoms with Crippen molar-refractivity contribution in [3.05, 3.63) is 0 Å². The number of carbonyl (C=O) groups is 3. The van der Waals surface area contributed by atoms with Gasteiger partial charge >= 0.3 is 19.8 Å². The van der Waals surface area contributed by atoms with Gasteiger partial charge in [0.2, 0.25) is 0 Å². The van der Waals surface area contributed by atoms with Crippen LogP contribution >= 0.6 is 19.6 Å². The molecule has 0 unspecified atom stereocenters. The van der Waals surface area contributed by atoms with E-state index in [2.05, 4.69) is 11.4 Å². The molecule has 9 nitrogen and oxygen atoms in total. The van der Waals surface area contributed by atoms with E-state index in [1.807, 2.05) is 0 Å². The van der Waals surface area contributed by atoms with Crippen molar-refractivity contribution < 1.29 is 42.7 Å². The van der Waals surface area contributed by atoms with Crippen molar-refractivity contribution in [2.24, 2.45) is 0 Å². The summed E-state index contributed by atoms with van der Waals surface area (Å²) in [6.45, 7) is 2.80. The van der Waals surface area contributed by atoms with Crippen molar-refractivity contribution in [2.45, 2.75) is 103 Å². The highest BCUT2D eigenvalue weighted by Crippen LogP contribution is 2.35. The number of hydrogen-bond acceptors (Lipinski definition) is 8. The standard InChI is InChI=1S/C22H41O9PS/c1-3-4-5-8-12-15-22(25)31-20(18-30-32(26,27)28)17-29-21(24)14-11-9-6-7-10-13-16-33-19(2)23/h20H,3-18H2,1-2H3,(H2,26,27,28)/t20-/m0/s1. The predicted octanol–water partition coefficient (Wildman–Crippen LogP) is 4.92. The number of thioether (sulfide) groups is 1. The minimum Gasteiger partial charge on any atom is -0.462 e. The molecule has 0 aliphatic rings. The fourth-order valence-corrected chi connectivity index (χ4v) is 3.96. The van der Waals surface area contributed by atoms with Crippen LogP contribution in [0.25, 0.3) is 0 Å². The Morgan fingerprint density at radius 2 is 1.36 bits per heavy atom. The van der Waals surface area contributed by atoms with Crippen LogP contribution in [0.3, 0.4) is 0 Å². The summed E-state index contributed by atoms with van der Waals surface area (Å²) in [5.41, 5.74) is 0. The quantitative estimate of drug-likeness (QED) is 0.124. The van der Waals surface area contributed by atoms with Crippen LogP contribution in [-0.2, 0) is 32.9 Å². The first kappa shape index (κ1) is 32.1. The summed E-state index contributed by atoms with van der Waals surface area (Å²) in [4.78, 5) is 52.6. The predicted molar refractivity (Wildman–Crippen MR) is 128 cm³/mol. The van der Waals surface area contributed by atoms with Crippen LogP contribution in [0.15, 0.2) is 0 Å². The van der Waals surface area contributed by atoms with Crippen LogP contribution < -0.4 is 0 Å². The minimum atomic E-state index is -4.73. The third-order valence-electron chi connectivity index (χ3n) is 4.72. The summed E-state index contributed by atoms with van der Waals surface area (Å²) in [6.07, 6.45) is 9.78. The second kappa shape index (κ2) is 20.4. The molecule has 0 amide bonds. The Balaban J connectivity index is 4.10. The van der Waals surface area contributed by atoms with Gasteiger partial charge in [-0.05, 0) is 19.3 Å². The molecule has 0 saturated heterocycles. The van der Waals surface area contributed by atoms with Gasteiger partial charge in [0.05, 0.1) is 6.61 Å². The summed E-state index contributed by atoms with van der Waals surface area (Å²) in [5, 5.41) is 0.140.